The van der Waals surface area contributed by atoms with E-state index in [1.807, 2.05) is 0 Å². The molecular formula is C25H28FN3O4. The van der Waals surface area contributed by atoms with E-state index in [2.05, 4.69) is 4.98 Å². The number of methoxy groups -OCH3 is 1. The molecule has 3 heterocycles. The van der Waals surface area contributed by atoms with Crippen molar-refractivity contribution in [3.05, 3.63) is 65.7 Å². The van der Waals surface area contributed by atoms with Gasteiger partial charge in [-0.25, -0.2) is 4.39 Å². The number of nitrogens with zero attached hydrogens (tertiary/aromatic N) is 3. The van der Waals surface area contributed by atoms with Crippen molar-refractivity contribution in [2.75, 3.05) is 26.8 Å². The molecular weight excluding hydrogens is 425 g/mol. The van der Waals surface area contributed by atoms with Crippen molar-refractivity contribution < 1.29 is 23.5 Å². The Balaban J connectivity index is 1.60. The number of benzene rings is 1. The van der Waals surface area contributed by atoms with Crippen LogP contribution in [0.25, 0.3) is 0 Å². The highest BCUT2D eigenvalue weighted by Gasteiger charge is 2.54. The molecule has 2 aliphatic heterocycles. The highest BCUT2D eigenvalue weighted by Crippen LogP contribution is 2.41. The van der Waals surface area contributed by atoms with Crippen LogP contribution in [0.5, 0.6) is 0 Å². The predicted molar refractivity (Wildman–Crippen MR) is 118 cm³/mol. The van der Waals surface area contributed by atoms with E-state index < -0.39 is 17.1 Å². The zero-order valence-corrected chi connectivity index (χ0v) is 18.7. The number of hydrogen-bond acceptors (Lipinski definition) is 5. The molecule has 0 N–H and O–H groups in total. The van der Waals surface area contributed by atoms with Crippen molar-refractivity contribution in [2.45, 2.75) is 37.6 Å². The number of piperidine rings is 1. The van der Waals surface area contributed by atoms with Gasteiger partial charge in [-0.1, -0.05) is 18.2 Å². The van der Waals surface area contributed by atoms with Gasteiger partial charge in [-0.15, -0.1) is 0 Å². The van der Waals surface area contributed by atoms with E-state index in [0.717, 1.165) is 12.8 Å². The SMILES string of the molecule is COCC1CCN(C(=O)CC2(c3cccc(F)c3)CC(=O)N(Cc3cccnc3)C2=O)CC1. The molecule has 1 atom stereocenters. The van der Waals surface area contributed by atoms with Gasteiger partial charge in [0.15, 0.2) is 0 Å². The first-order valence-corrected chi connectivity index (χ1v) is 11.2. The molecule has 0 spiro atoms. The smallest absolute Gasteiger partial charge is 0.241 e. The maximum absolute atomic E-state index is 14.1. The van der Waals surface area contributed by atoms with Gasteiger partial charge in [-0.2, -0.15) is 0 Å². The quantitative estimate of drug-likeness (QED) is 0.603. The number of amides is 3. The zero-order valence-electron chi connectivity index (χ0n) is 18.7. The maximum atomic E-state index is 14.1. The van der Waals surface area contributed by atoms with Crippen LogP contribution in [0.15, 0.2) is 48.8 Å². The van der Waals surface area contributed by atoms with Gasteiger partial charge in [0, 0.05) is 52.0 Å². The van der Waals surface area contributed by atoms with E-state index in [9.17, 15) is 18.8 Å². The van der Waals surface area contributed by atoms with E-state index in [4.69, 9.17) is 4.74 Å². The van der Waals surface area contributed by atoms with Crippen LogP contribution < -0.4 is 0 Å². The second kappa shape index (κ2) is 9.79. The van der Waals surface area contributed by atoms with Crippen molar-refractivity contribution in [1.29, 1.82) is 0 Å². The summed E-state index contributed by atoms with van der Waals surface area (Å²) in [6.07, 6.45) is 4.53. The minimum Gasteiger partial charge on any atom is -0.384 e. The molecule has 0 radical (unpaired) electrons. The first-order chi connectivity index (χ1) is 15.9. The summed E-state index contributed by atoms with van der Waals surface area (Å²) >= 11 is 0. The number of ether oxygens (including phenoxy) is 1. The fourth-order valence-electron chi connectivity index (χ4n) is 4.84. The highest BCUT2D eigenvalue weighted by molar-refractivity contribution is 6.10. The van der Waals surface area contributed by atoms with Gasteiger partial charge >= 0.3 is 0 Å². The summed E-state index contributed by atoms with van der Waals surface area (Å²) in [5.41, 5.74) is -0.347. The number of halogens is 1. The fourth-order valence-corrected chi connectivity index (χ4v) is 4.84. The number of pyridine rings is 1. The summed E-state index contributed by atoms with van der Waals surface area (Å²) in [6, 6.07) is 9.20. The molecule has 2 aromatic rings. The molecule has 2 saturated heterocycles. The molecule has 0 aliphatic carbocycles. The summed E-state index contributed by atoms with van der Waals surface area (Å²) in [5.74, 6) is -1.14. The summed E-state index contributed by atoms with van der Waals surface area (Å²) in [7, 11) is 1.67. The molecule has 8 heteroatoms. The maximum Gasteiger partial charge on any atom is 0.241 e. The Morgan fingerprint density at radius 1 is 1.21 bits per heavy atom. The number of hydrogen-bond donors (Lipinski definition) is 0. The molecule has 174 valence electrons. The Bertz CT molecular complexity index is 1020. The van der Waals surface area contributed by atoms with Crippen LogP contribution in [-0.4, -0.2) is 59.3 Å². The molecule has 0 bridgehead atoms. The van der Waals surface area contributed by atoms with E-state index >= 15 is 0 Å². The van der Waals surface area contributed by atoms with Gasteiger partial charge in [-0.05, 0) is 48.1 Å². The third kappa shape index (κ3) is 4.80. The lowest BCUT2D eigenvalue weighted by Crippen LogP contribution is -2.45. The summed E-state index contributed by atoms with van der Waals surface area (Å²) < 4.78 is 19.4. The van der Waals surface area contributed by atoms with E-state index in [1.165, 1.54) is 23.1 Å². The van der Waals surface area contributed by atoms with Crippen LogP contribution in [-0.2, 0) is 31.1 Å². The second-order valence-corrected chi connectivity index (χ2v) is 8.87. The molecule has 33 heavy (non-hydrogen) atoms. The van der Waals surface area contributed by atoms with Crippen LogP contribution >= 0.6 is 0 Å². The lowest BCUT2D eigenvalue weighted by Gasteiger charge is -2.34. The average Bonchev–Trinajstić information content (AvgIpc) is 3.05. The Morgan fingerprint density at radius 3 is 2.67 bits per heavy atom. The van der Waals surface area contributed by atoms with Gasteiger partial charge in [-0.3, -0.25) is 24.3 Å². The molecule has 2 aliphatic rings. The zero-order chi connectivity index (χ0) is 23.4. The fraction of sp³-hybridized carbons (Fsp3) is 0.440. The normalized spacial score (nSPS) is 21.6. The average molecular weight is 454 g/mol. The molecule has 3 amide bonds. The van der Waals surface area contributed by atoms with Crippen LogP contribution in [0.1, 0.15) is 36.8 Å². The Labute approximate surface area is 192 Å². The first kappa shape index (κ1) is 23.0. The van der Waals surface area contributed by atoms with Crippen LogP contribution in [0.4, 0.5) is 4.39 Å². The molecule has 4 rings (SSSR count). The minimum absolute atomic E-state index is 0.0686. The van der Waals surface area contributed by atoms with Crippen molar-refractivity contribution in [1.82, 2.24) is 14.8 Å². The number of aromatic nitrogens is 1. The summed E-state index contributed by atoms with van der Waals surface area (Å²) in [6.45, 7) is 1.88. The van der Waals surface area contributed by atoms with Crippen LogP contribution in [0.3, 0.4) is 0 Å². The molecule has 1 aromatic heterocycles. The third-order valence-electron chi connectivity index (χ3n) is 6.67. The topological polar surface area (TPSA) is 79.8 Å². The van der Waals surface area contributed by atoms with Crippen LogP contribution in [0, 0.1) is 11.7 Å². The Kier molecular flexibility index (Phi) is 6.83. The standard InChI is InChI=1S/C25H28FN3O4/c1-33-17-18-7-10-28(11-8-18)22(30)13-25(20-5-2-6-21(26)12-20)14-23(31)29(24(25)32)16-19-4-3-9-27-15-19/h2-6,9,12,15,18H,7-8,10-11,13-14,16-17H2,1H3. The van der Waals surface area contributed by atoms with E-state index in [0.29, 0.717) is 36.7 Å². The summed E-state index contributed by atoms with van der Waals surface area (Å²) in [5, 5.41) is 0. The Hall–Kier alpha value is -3.13. The van der Waals surface area contributed by atoms with Gasteiger partial charge in [0.2, 0.25) is 17.7 Å². The highest BCUT2D eigenvalue weighted by atomic mass is 19.1. The minimum atomic E-state index is -1.41. The second-order valence-electron chi connectivity index (χ2n) is 8.87. The number of likely N-dealkylation sites (tertiary alicyclic amines) is 2. The number of rotatable bonds is 7. The molecule has 0 saturated carbocycles. The van der Waals surface area contributed by atoms with Gasteiger partial charge in [0.05, 0.1) is 12.0 Å². The van der Waals surface area contributed by atoms with Gasteiger partial charge in [0.25, 0.3) is 0 Å². The molecule has 7 nitrogen and oxygen atoms in total. The molecule has 1 aromatic carbocycles. The third-order valence-corrected chi connectivity index (χ3v) is 6.67. The van der Waals surface area contributed by atoms with Crippen molar-refractivity contribution in [3.8, 4) is 0 Å². The largest absolute Gasteiger partial charge is 0.384 e. The van der Waals surface area contributed by atoms with E-state index in [1.54, 1.807) is 42.6 Å². The van der Waals surface area contributed by atoms with Crippen molar-refractivity contribution in [3.63, 3.8) is 0 Å². The van der Waals surface area contributed by atoms with Gasteiger partial charge < -0.3 is 9.64 Å². The monoisotopic (exact) mass is 453 g/mol. The summed E-state index contributed by atoms with van der Waals surface area (Å²) in [4.78, 5) is 46.9. The van der Waals surface area contributed by atoms with Crippen LogP contribution in [0.2, 0.25) is 0 Å². The number of carbonyl (C=O) groups is 3. The molecule has 1 unspecified atom stereocenters. The lowest BCUT2D eigenvalue weighted by atomic mass is 9.75. The van der Waals surface area contributed by atoms with E-state index in [-0.39, 0.29) is 31.2 Å². The lowest BCUT2D eigenvalue weighted by molar-refractivity contribution is -0.143. The van der Waals surface area contributed by atoms with Crippen molar-refractivity contribution in [2.24, 2.45) is 5.92 Å². The number of imide groups is 1. The first-order valence-electron chi connectivity index (χ1n) is 11.2. The molecule has 2 fully saturated rings. The van der Waals surface area contributed by atoms with Crippen molar-refractivity contribution >= 4 is 17.7 Å². The number of carbonyl (C=O) groups excluding carboxylic acids is 3. The predicted octanol–water partition coefficient (Wildman–Crippen LogP) is 2.69. The van der Waals surface area contributed by atoms with Gasteiger partial charge in [0.1, 0.15) is 5.82 Å². The Morgan fingerprint density at radius 2 is 2.00 bits per heavy atom.